The molecule has 66 valence electrons. The monoisotopic (exact) mass is 350 g/mol. The highest BCUT2D eigenvalue weighted by Gasteiger charge is 2.15. The molecule has 0 aromatic heterocycles. The number of rotatable bonds is 1. The van der Waals surface area contributed by atoms with Gasteiger partial charge in [-0.15, -0.1) is 0 Å². The van der Waals surface area contributed by atoms with Gasteiger partial charge in [-0.05, 0) is 6.07 Å². The van der Waals surface area contributed by atoms with Gasteiger partial charge in [0.25, 0.3) is 0 Å². The largest absolute Gasteiger partial charge is 0.204 e. The summed E-state index contributed by atoms with van der Waals surface area (Å²) in [6.07, 6.45) is 0. The van der Waals surface area contributed by atoms with Gasteiger partial charge in [0.15, 0.2) is 17.5 Å². The van der Waals surface area contributed by atoms with Crippen molar-refractivity contribution >= 4 is 38.5 Å². The van der Waals surface area contributed by atoms with Gasteiger partial charge in [-0.2, -0.15) is 0 Å². The predicted molar refractivity (Wildman–Crippen MR) is 51.7 cm³/mol. The van der Waals surface area contributed by atoms with Crippen molar-refractivity contribution in [1.29, 1.82) is 0 Å². The van der Waals surface area contributed by atoms with Crippen LogP contribution in [0.2, 0.25) is 0 Å². The van der Waals surface area contributed by atoms with E-state index in [0.29, 0.717) is 4.43 Å². The zero-order chi connectivity index (χ0) is 9.30. The molecule has 5 heteroatoms. The van der Waals surface area contributed by atoms with Crippen LogP contribution in [0.5, 0.6) is 0 Å². The Morgan fingerprint density at radius 1 is 1.25 bits per heavy atom. The number of benzene rings is 1. The van der Waals surface area contributed by atoms with Gasteiger partial charge in [-0.3, -0.25) is 0 Å². The lowest BCUT2D eigenvalue weighted by atomic mass is 10.2. The zero-order valence-electron chi connectivity index (χ0n) is 5.67. The van der Waals surface area contributed by atoms with Crippen LogP contribution in [0.15, 0.2) is 10.5 Å². The van der Waals surface area contributed by atoms with Crippen molar-refractivity contribution in [2.45, 2.75) is 4.43 Å². The minimum absolute atomic E-state index is 0.148. The molecule has 0 unspecified atom stereocenters. The van der Waals surface area contributed by atoms with E-state index in [1.807, 2.05) is 22.6 Å². The second-order valence-corrected chi connectivity index (χ2v) is 3.70. The van der Waals surface area contributed by atoms with Crippen LogP contribution in [-0.2, 0) is 4.43 Å². The van der Waals surface area contributed by atoms with E-state index in [9.17, 15) is 13.2 Å². The molecule has 0 atom stereocenters. The lowest BCUT2D eigenvalue weighted by Gasteiger charge is -2.03. The van der Waals surface area contributed by atoms with E-state index in [-0.39, 0.29) is 10.0 Å². The maximum Gasteiger partial charge on any atom is 0.194 e. The maximum absolute atomic E-state index is 12.9. The van der Waals surface area contributed by atoms with Crippen LogP contribution in [0.3, 0.4) is 0 Å². The van der Waals surface area contributed by atoms with Crippen molar-refractivity contribution in [3.8, 4) is 0 Å². The van der Waals surface area contributed by atoms with Crippen LogP contribution in [0.25, 0.3) is 0 Å². The first-order valence-corrected chi connectivity index (χ1v) is 5.27. The highest BCUT2D eigenvalue weighted by atomic mass is 127. The van der Waals surface area contributed by atoms with Crippen LogP contribution in [0.1, 0.15) is 5.56 Å². The van der Waals surface area contributed by atoms with Gasteiger partial charge in [0, 0.05) is 14.5 Å². The minimum Gasteiger partial charge on any atom is -0.204 e. The number of alkyl halides is 1. The molecule has 12 heavy (non-hydrogen) atoms. The predicted octanol–water partition coefficient (Wildman–Crippen LogP) is 3.80. The van der Waals surface area contributed by atoms with Crippen molar-refractivity contribution in [3.63, 3.8) is 0 Å². The summed E-state index contributed by atoms with van der Waals surface area (Å²) < 4.78 is 38.5. The van der Waals surface area contributed by atoms with Crippen molar-refractivity contribution in [1.82, 2.24) is 0 Å². The van der Waals surface area contributed by atoms with Crippen LogP contribution < -0.4 is 0 Å². The van der Waals surface area contributed by atoms with E-state index < -0.39 is 17.5 Å². The maximum atomic E-state index is 12.9. The SMILES string of the molecule is Fc1cc(Br)c(CI)c(F)c1F. The molecule has 0 aliphatic carbocycles. The molecule has 0 fully saturated rings. The summed E-state index contributed by atoms with van der Waals surface area (Å²) >= 11 is 4.81. The van der Waals surface area contributed by atoms with Crippen LogP contribution >= 0.6 is 38.5 Å². The van der Waals surface area contributed by atoms with E-state index in [0.717, 1.165) is 6.07 Å². The fourth-order valence-corrected chi connectivity index (χ4v) is 2.51. The second kappa shape index (κ2) is 3.95. The van der Waals surface area contributed by atoms with Crippen molar-refractivity contribution in [2.75, 3.05) is 0 Å². The Hall–Kier alpha value is 0.220. The average molecular weight is 351 g/mol. The normalized spacial score (nSPS) is 10.4. The molecule has 0 amide bonds. The summed E-state index contributed by atoms with van der Waals surface area (Å²) in [5, 5.41) is 0. The van der Waals surface area contributed by atoms with Gasteiger partial charge in [0.1, 0.15) is 0 Å². The fraction of sp³-hybridized carbons (Fsp3) is 0.143. The second-order valence-electron chi connectivity index (χ2n) is 2.08. The molecule has 0 aliphatic rings. The third kappa shape index (κ3) is 1.76. The van der Waals surface area contributed by atoms with E-state index in [1.165, 1.54) is 0 Å². The van der Waals surface area contributed by atoms with Gasteiger partial charge in [0.2, 0.25) is 0 Å². The van der Waals surface area contributed by atoms with Crippen molar-refractivity contribution in [3.05, 3.63) is 33.6 Å². The standard InChI is InChI=1S/C7H3BrF3I/c8-4-1-5(9)7(11)6(10)3(4)2-12/h1H,2H2. The lowest BCUT2D eigenvalue weighted by Crippen LogP contribution is -1.96. The molecule has 0 bridgehead atoms. The molecule has 0 nitrogen and oxygen atoms in total. The first-order valence-electron chi connectivity index (χ1n) is 2.95. The molecule has 1 aromatic carbocycles. The van der Waals surface area contributed by atoms with E-state index in [1.54, 1.807) is 0 Å². The van der Waals surface area contributed by atoms with Crippen molar-refractivity contribution < 1.29 is 13.2 Å². The number of halogens is 5. The Bertz CT molecular complexity index is 314. The summed E-state index contributed by atoms with van der Waals surface area (Å²) in [7, 11) is 0. The Kier molecular flexibility index (Phi) is 3.39. The van der Waals surface area contributed by atoms with Gasteiger partial charge >= 0.3 is 0 Å². The summed E-state index contributed by atoms with van der Waals surface area (Å²) in [6, 6.07) is 0.923. The highest BCUT2D eigenvalue weighted by Crippen LogP contribution is 2.26. The molecule has 0 saturated heterocycles. The van der Waals surface area contributed by atoms with E-state index in [2.05, 4.69) is 15.9 Å². The van der Waals surface area contributed by atoms with Gasteiger partial charge < -0.3 is 0 Å². The van der Waals surface area contributed by atoms with Crippen LogP contribution in [-0.4, -0.2) is 0 Å². The number of hydrogen-bond donors (Lipinski definition) is 0. The molecule has 0 aliphatic heterocycles. The smallest absolute Gasteiger partial charge is 0.194 e. The quantitative estimate of drug-likeness (QED) is 0.313. The Morgan fingerprint density at radius 3 is 2.33 bits per heavy atom. The molecular weight excluding hydrogens is 348 g/mol. The molecule has 1 rings (SSSR count). The van der Waals surface area contributed by atoms with Gasteiger partial charge in [0.05, 0.1) is 0 Å². The molecule has 0 N–H and O–H groups in total. The Morgan fingerprint density at radius 2 is 1.83 bits per heavy atom. The van der Waals surface area contributed by atoms with E-state index in [4.69, 9.17) is 0 Å². The first-order chi connectivity index (χ1) is 5.57. The summed E-state index contributed by atoms with van der Waals surface area (Å²) in [4.78, 5) is 0. The molecule has 0 heterocycles. The van der Waals surface area contributed by atoms with Gasteiger partial charge in [-0.1, -0.05) is 38.5 Å². The summed E-state index contributed by atoms with van der Waals surface area (Å²) in [5.74, 6) is -3.70. The Labute approximate surface area is 89.4 Å². The minimum atomic E-state index is -1.41. The molecule has 0 saturated carbocycles. The fourth-order valence-electron chi connectivity index (χ4n) is 0.726. The molecular formula is C7H3BrF3I. The first kappa shape index (κ1) is 10.3. The summed E-state index contributed by atoms with van der Waals surface area (Å²) in [6.45, 7) is 0. The third-order valence-electron chi connectivity index (χ3n) is 1.34. The molecule has 0 spiro atoms. The lowest BCUT2D eigenvalue weighted by molar-refractivity contribution is 0.442. The topological polar surface area (TPSA) is 0 Å². The molecule has 1 aromatic rings. The Balaban J connectivity index is 3.40. The summed E-state index contributed by atoms with van der Waals surface area (Å²) in [5.41, 5.74) is 0.148. The van der Waals surface area contributed by atoms with Gasteiger partial charge in [-0.25, -0.2) is 13.2 Å². The van der Waals surface area contributed by atoms with E-state index >= 15 is 0 Å². The molecule has 0 radical (unpaired) electrons. The van der Waals surface area contributed by atoms with Crippen LogP contribution in [0.4, 0.5) is 13.2 Å². The van der Waals surface area contributed by atoms with Crippen molar-refractivity contribution in [2.24, 2.45) is 0 Å². The zero-order valence-corrected chi connectivity index (χ0v) is 9.42. The average Bonchev–Trinajstić information content (AvgIpc) is 2.01. The highest BCUT2D eigenvalue weighted by molar-refractivity contribution is 14.1. The van der Waals surface area contributed by atoms with Crippen LogP contribution in [0, 0.1) is 17.5 Å². The third-order valence-corrected chi connectivity index (χ3v) is 2.81. The number of hydrogen-bond acceptors (Lipinski definition) is 0.